The van der Waals surface area contributed by atoms with Crippen LogP contribution >= 0.6 is 0 Å². The van der Waals surface area contributed by atoms with Gasteiger partial charge in [-0.05, 0) is 62.5 Å². The minimum Gasteiger partial charge on any atom is -0.494 e. The largest absolute Gasteiger partial charge is 0.494 e. The van der Waals surface area contributed by atoms with Crippen molar-refractivity contribution in [2.45, 2.75) is 11.8 Å². The number of nitrogens with zero attached hydrogens (tertiary/aromatic N) is 1. The second-order valence-corrected chi connectivity index (χ2v) is 7.60. The summed E-state index contributed by atoms with van der Waals surface area (Å²) in [4.78, 5) is 14.0. The zero-order chi connectivity index (χ0) is 19.9. The first-order valence-electron chi connectivity index (χ1n) is 8.63. The zero-order valence-electron chi connectivity index (χ0n) is 15.7. The van der Waals surface area contributed by atoms with Gasteiger partial charge in [0, 0.05) is 31.4 Å². The predicted octanol–water partition coefficient (Wildman–Crippen LogP) is 2.18. The lowest BCUT2D eigenvalue weighted by atomic mass is 10.2. The van der Waals surface area contributed by atoms with E-state index in [0.717, 1.165) is 0 Å². The SMILES string of the molecule is CCOc1ccc(NS(=O)(=O)c2ccc(C(=O)N(C)CCNC)cc2)cc1. The lowest BCUT2D eigenvalue weighted by Crippen LogP contribution is -2.32. The summed E-state index contributed by atoms with van der Waals surface area (Å²) < 4.78 is 32.9. The summed E-state index contributed by atoms with van der Waals surface area (Å²) in [6.07, 6.45) is 0. The van der Waals surface area contributed by atoms with Gasteiger partial charge < -0.3 is 15.0 Å². The summed E-state index contributed by atoms with van der Waals surface area (Å²) in [5.74, 6) is 0.513. The van der Waals surface area contributed by atoms with Crippen molar-refractivity contribution in [2.24, 2.45) is 0 Å². The molecule has 0 heterocycles. The van der Waals surface area contributed by atoms with Crippen molar-refractivity contribution < 1.29 is 17.9 Å². The molecule has 0 aliphatic rings. The van der Waals surface area contributed by atoms with Gasteiger partial charge in [-0.25, -0.2) is 8.42 Å². The molecule has 27 heavy (non-hydrogen) atoms. The van der Waals surface area contributed by atoms with Crippen LogP contribution in [0.15, 0.2) is 53.4 Å². The number of carbonyl (C=O) groups excluding carboxylic acids is 1. The smallest absolute Gasteiger partial charge is 0.261 e. The molecule has 0 saturated heterocycles. The Morgan fingerprint density at radius 1 is 1.07 bits per heavy atom. The Morgan fingerprint density at radius 2 is 1.70 bits per heavy atom. The van der Waals surface area contributed by atoms with E-state index in [1.165, 1.54) is 24.3 Å². The number of sulfonamides is 1. The zero-order valence-corrected chi connectivity index (χ0v) is 16.5. The maximum Gasteiger partial charge on any atom is 0.261 e. The Bertz CT molecular complexity index is 850. The third kappa shape index (κ3) is 5.70. The van der Waals surface area contributed by atoms with Gasteiger partial charge in [0.1, 0.15) is 5.75 Å². The van der Waals surface area contributed by atoms with E-state index in [9.17, 15) is 13.2 Å². The number of benzene rings is 2. The van der Waals surface area contributed by atoms with E-state index in [1.54, 1.807) is 36.2 Å². The van der Waals surface area contributed by atoms with E-state index in [2.05, 4.69) is 10.0 Å². The third-order valence-corrected chi connectivity index (χ3v) is 5.27. The molecule has 1 amide bonds. The fourth-order valence-corrected chi connectivity index (χ4v) is 3.44. The van der Waals surface area contributed by atoms with Gasteiger partial charge in [-0.1, -0.05) is 0 Å². The van der Waals surface area contributed by atoms with E-state index in [0.29, 0.717) is 36.7 Å². The molecule has 2 aromatic rings. The Kier molecular flexibility index (Phi) is 7.20. The summed E-state index contributed by atoms with van der Waals surface area (Å²) >= 11 is 0. The van der Waals surface area contributed by atoms with Crippen LogP contribution in [-0.2, 0) is 10.0 Å². The summed E-state index contributed by atoms with van der Waals surface area (Å²) in [6, 6.07) is 12.6. The van der Waals surface area contributed by atoms with E-state index in [-0.39, 0.29) is 10.8 Å². The van der Waals surface area contributed by atoms with Crippen LogP contribution in [0.2, 0.25) is 0 Å². The lowest BCUT2D eigenvalue weighted by molar-refractivity contribution is 0.0796. The van der Waals surface area contributed by atoms with Crippen LogP contribution in [0.25, 0.3) is 0 Å². The van der Waals surface area contributed by atoms with E-state index < -0.39 is 10.0 Å². The molecule has 0 spiro atoms. The second-order valence-electron chi connectivity index (χ2n) is 5.92. The highest BCUT2D eigenvalue weighted by atomic mass is 32.2. The van der Waals surface area contributed by atoms with Crippen molar-refractivity contribution in [3.05, 3.63) is 54.1 Å². The van der Waals surface area contributed by atoms with Gasteiger partial charge in [0.25, 0.3) is 15.9 Å². The molecule has 0 aromatic heterocycles. The minimum absolute atomic E-state index is 0.0887. The predicted molar refractivity (Wildman–Crippen MR) is 106 cm³/mol. The molecular formula is C19H25N3O4S. The molecule has 0 fully saturated rings. The molecule has 7 nitrogen and oxygen atoms in total. The molecule has 0 atom stereocenters. The molecule has 2 rings (SSSR count). The topological polar surface area (TPSA) is 87.7 Å². The normalized spacial score (nSPS) is 11.1. The molecular weight excluding hydrogens is 366 g/mol. The molecule has 8 heteroatoms. The van der Waals surface area contributed by atoms with Crippen molar-refractivity contribution in [2.75, 3.05) is 38.5 Å². The van der Waals surface area contributed by atoms with Crippen LogP contribution in [0, 0.1) is 0 Å². The monoisotopic (exact) mass is 391 g/mol. The van der Waals surface area contributed by atoms with Gasteiger partial charge in [0.15, 0.2) is 0 Å². The summed E-state index contributed by atoms with van der Waals surface area (Å²) in [5.41, 5.74) is 0.874. The lowest BCUT2D eigenvalue weighted by Gasteiger charge is -2.17. The van der Waals surface area contributed by atoms with Gasteiger partial charge in [0.05, 0.1) is 11.5 Å². The fourth-order valence-electron chi connectivity index (χ4n) is 2.38. The molecule has 146 valence electrons. The molecule has 2 aromatic carbocycles. The summed E-state index contributed by atoms with van der Waals surface area (Å²) in [5, 5.41) is 2.98. The Hall–Kier alpha value is -2.58. The molecule has 0 bridgehead atoms. The van der Waals surface area contributed by atoms with Crippen molar-refractivity contribution in [3.8, 4) is 5.75 Å². The number of ether oxygens (including phenoxy) is 1. The van der Waals surface area contributed by atoms with Gasteiger partial charge in [-0.3, -0.25) is 9.52 Å². The number of anilines is 1. The number of amides is 1. The van der Waals surface area contributed by atoms with Crippen LogP contribution in [0.5, 0.6) is 5.75 Å². The number of rotatable bonds is 9. The van der Waals surface area contributed by atoms with Gasteiger partial charge in [-0.15, -0.1) is 0 Å². The van der Waals surface area contributed by atoms with Gasteiger partial charge >= 0.3 is 0 Å². The van der Waals surface area contributed by atoms with Crippen LogP contribution in [0.4, 0.5) is 5.69 Å². The second kappa shape index (κ2) is 9.38. The Morgan fingerprint density at radius 3 is 2.26 bits per heavy atom. The standard InChI is InChI=1S/C19H25N3O4S/c1-4-26-17-9-7-16(8-10-17)21-27(24,25)18-11-5-15(6-12-18)19(23)22(3)14-13-20-2/h5-12,20-21H,4,13-14H2,1-3H3. The van der Waals surface area contributed by atoms with E-state index >= 15 is 0 Å². The number of hydrogen-bond donors (Lipinski definition) is 2. The first-order chi connectivity index (χ1) is 12.9. The summed E-state index contributed by atoms with van der Waals surface area (Å²) in [7, 11) is -0.220. The first kappa shape index (κ1) is 20.7. The number of carbonyl (C=O) groups is 1. The van der Waals surface area contributed by atoms with Crippen molar-refractivity contribution in [1.29, 1.82) is 0 Å². The number of likely N-dealkylation sites (N-methyl/N-ethyl adjacent to an activating group) is 2. The van der Waals surface area contributed by atoms with Gasteiger partial charge in [0.2, 0.25) is 0 Å². The quantitative estimate of drug-likeness (QED) is 0.684. The molecule has 0 aliphatic heterocycles. The Labute approximate surface area is 160 Å². The van der Waals surface area contributed by atoms with Crippen LogP contribution in [0.1, 0.15) is 17.3 Å². The van der Waals surface area contributed by atoms with Crippen molar-refractivity contribution >= 4 is 21.6 Å². The average molecular weight is 391 g/mol. The highest BCUT2D eigenvalue weighted by molar-refractivity contribution is 7.92. The van der Waals surface area contributed by atoms with E-state index in [4.69, 9.17) is 4.74 Å². The van der Waals surface area contributed by atoms with Crippen LogP contribution in [-0.4, -0.2) is 53.0 Å². The minimum atomic E-state index is -3.74. The number of nitrogens with one attached hydrogen (secondary N) is 2. The van der Waals surface area contributed by atoms with Gasteiger partial charge in [-0.2, -0.15) is 0 Å². The van der Waals surface area contributed by atoms with Crippen molar-refractivity contribution in [1.82, 2.24) is 10.2 Å². The molecule has 0 saturated carbocycles. The van der Waals surface area contributed by atoms with E-state index in [1.807, 2.05) is 14.0 Å². The molecule has 0 unspecified atom stereocenters. The highest BCUT2D eigenvalue weighted by Gasteiger charge is 2.16. The maximum atomic E-state index is 12.5. The molecule has 0 aliphatic carbocycles. The summed E-state index contributed by atoms with van der Waals surface area (Å²) in [6.45, 7) is 3.67. The maximum absolute atomic E-state index is 12.5. The fraction of sp³-hybridized carbons (Fsp3) is 0.316. The van der Waals surface area contributed by atoms with Crippen LogP contribution in [0.3, 0.4) is 0 Å². The first-order valence-corrected chi connectivity index (χ1v) is 10.1. The highest BCUT2D eigenvalue weighted by Crippen LogP contribution is 2.20. The average Bonchev–Trinajstić information content (AvgIpc) is 2.67. The molecule has 2 N–H and O–H groups in total. The Balaban J connectivity index is 2.09. The third-order valence-electron chi connectivity index (χ3n) is 3.87. The van der Waals surface area contributed by atoms with Crippen LogP contribution < -0.4 is 14.8 Å². The number of hydrogen-bond acceptors (Lipinski definition) is 5. The van der Waals surface area contributed by atoms with Crippen molar-refractivity contribution in [3.63, 3.8) is 0 Å². The molecule has 0 radical (unpaired) electrons.